The standard InChI is InChI=1S/C21H23N5O/c1-22-19-13-24-21(11-20(19)26(14-27)17-7-3-4-8-17)25-16-10-15-6-2-5-9-18(15)23-12-16/h2,5-6,9-14,17,22H,3-4,7-8H2,1H3,(H,24,25). The fourth-order valence-corrected chi connectivity index (χ4v) is 3.73. The Labute approximate surface area is 158 Å². The van der Waals surface area contributed by atoms with Crippen LogP contribution < -0.4 is 15.5 Å². The van der Waals surface area contributed by atoms with Crippen LogP contribution in [-0.4, -0.2) is 29.5 Å². The highest BCUT2D eigenvalue weighted by Crippen LogP contribution is 2.33. The number of para-hydroxylation sites is 1. The van der Waals surface area contributed by atoms with E-state index in [-0.39, 0.29) is 6.04 Å². The molecule has 0 saturated heterocycles. The number of carbonyl (C=O) groups is 1. The number of aromatic nitrogens is 2. The van der Waals surface area contributed by atoms with Gasteiger partial charge in [-0.05, 0) is 25.0 Å². The van der Waals surface area contributed by atoms with Gasteiger partial charge in [-0.2, -0.15) is 0 Å². The third-order valence-electron chi connectivity index (χ3n) is 5.12. The van der Waals surface area contributed by atoms with Crippen molar-refractivity contribution in [3.05, 3.63) is 48.8 Å². The molecule has 0 bridgehead atoms. The first kappa shape index (κ1) is 17.3. The van der Waals surface area contributed by atoms with Gasteiger partial charge in [0.2, 0.25) is 6.41 Å². The van der Waals surface area contributed by atoms with E-state index in [1.807, 2.05) is 48.3 Å². The SMILES string of the molecule is CNc1cnc(Nc2cnc3ccccc3c2)cc1N(C=O)C1CCCC1. The predicted molar refractivity (Wildman–Crippen MR) is 110 cm³/mol. The molecule has 2 N–H and O–H groups in total. The summed E-state index contributed by atoms with van der Waals surface area (Å²) in [5, 5.41) is 7.52. The Balaban J connectivity index is 1.65. The van der Waals surface area contributed by atoms with E-state index >= 15 is 0 Å². The van der Waals surface area contributed by atoms with Crippen LogP contribution in [0.25, 0.3) is 10.9 Å². The fraction of sp³-hybridized carbons (Fsp3) is 0.286. The number of fused-ring (bicyclic) bond motifs is 1. The molecule has 1 saturated carbocycles. The second kappa shape index (κ2) is 7.61. The highest BCUT2D eigenvalue weighted by molar-refractivity contribution is 5.86. The van der Waals surface area contributed by atoms with Crippen molar-refractivity contribution >= 4 is 40.2 Å². The van der Waals surface area contributed by atoms with Crippen LogP contribution in [0.3, 0.4) is 0 Å². The van der Waals surface area contributed by atoms with Crippen LogP contribution in [0.1, 0.15) is 25.7 Å². The molecule has 1 aromatic carbocycles. The van der Waals surface area contributed by atoms with E-state index in [1.165, 1.54) is 12.8 Å². The van der Waals surface area contributed by atoms with E-state index < -0.39 is 0 Å². The summed E-state index contributed by atoms with van der Waals surface area (Å²) in [4.78, 5) is 22.6. The second-order valence-corrected chi connectivity index (χ2v) is 6.83. The first-order valence-electron chi connectivity index (χ1n) is 9.32. The molecular weight excluding hydrogens is 338 g/mol. The Morgan fingerprint density at radius 1 is 1.11 bits per heavy atom. The van der Waals surface area contributed by atoms with Crippen LogP contribution in [0.2, 0.25) is 0 Å². The van der Waals surface area contributed by atoms with Crippen molar-refractivity contribution in [2.24, 2.45) is 0 Å². The van der Waals surface area contributed by atoms with Crippen LogP contribution in [0.15, 0.2) is 48.8 Å². The molecule has 4 rings (SSSR count). The van der Waals surface area contributed by atoms with Crippen LogP contribution >= 0.6 is 0 Å². The zero-order valence-corrected chi connectivity index (χ0v) is 15.4. The van der Waals surface area contributed by atoms with Gasteiger partial charge in [0.05, 0.1) is 35.0 Å². The molecule has 1 aliphatic rings. The van der Waals surface area contributed by atoms with Gasteiger partial charge in [-0.1, -0.05) is 31.0 Å². The molecule has 27 heavy (non-hydrogen) atoms. The molecule has 1 aliphatic carbocycles. The fourth-order valence-electron chi connectivity index (χ4n) is 3.73. The number of rotatable bonds is 6. The lowest BCUT2D eigenvalue weighted by molar-refractivity contribution is -0.107. The van der Waals surface area contributed by atoms with Crippen LogP contribution in [0, 0.1) is 0 Å². The van der Waals surface area contributed by atoms with Gasteiger partial charge in [-0.25, -0.2) is 4.98 Å². The van der Waals surface area contributed by atoms with E-state index in [0.717, 1.165) is 47.2 Å². The van der Waals surface area contributed by atoms with E-state index in [1.54, 1.807) is 12.4 Å². The van der Waals surface area contributed by atoms with Gasteiger partial charge in [0.1, 0.15) is 5.82 Å². The lowest BCUT2D eigenvalue weighted by Crippen LogP contribution is -2.32. The van der Waals surface area contributed by atoms with Gasteiger partial charge in [0.15, 0.2) is 0 Å². The largest absolute Gasteiger partial charge is 0.385 e. The lowest BCUT2D eigenvalue weighted by atomic mass is 10.2. The lowest BCUT2D eigenvalue weighted by Gasteiger charge is -2.27. The quantitative estimate of drug-likeness (QED) is 0.640. The Hall–Kier alpha value is -3.15. The number of hydrogen-bond donors (Lipinski definition) is 2. The van der Waals surface area contributed by atoms with Gasteiger partial charge in [0.25, 0.3) is 0 Å². The summed E-state index contributed by atoms with van der Waals surface area (Å²) < 4.78 is 0. The molecule has 0 aliphatic heterocycles. The average Bonchev–Trinajstić information content (AvgIpc) is 3.23. The van der Waals surface area contributed by atoms with E-state index in [9.17, 15) is 4.79 Å². The predicted octanol–water partition coefficient (Wildman–Crippen LogP) is 4.32. The summed E-state index contributed by atoms with van der Waals surface area (Å²) in [6.45, 7) is 0. The maximum atomic E-state index is 11.8. The van der Waals surface area contributed by atoms with Gasteiger partial charge in [-0.3, -0.25) is 9.78 Å². The molecule has 1 fully saturated rings. The number of pyridine rings is 2. The minimum Gasteiger partial charge on any atom is -0.385 e. The number of amides is 1. The molecule has 6 heteroatoms. The summed E-state index contributed by atoms with van der Waals surface area (Å²) in [7, 11) is 1.85. The molecule has 0 radical (unpaired) electrons. The number of nitrogens with zero attached hydrogens (tertiary/aromatic N) is 3. The molecule has 138 valence electrons. The van der Waals surface area contributed by atoms with Crippen LogP contribution in [0.5, 0.6) is 0 Å². The summed E-state index contributed by atoms with van der Waals surface area (Å²) in [5.74, 6) is 0.686. The van der Waals surface area contributed by atoms with Gasteiger partial charge in [0, 0.05) is 24.5 Å². The topological polar surface area (TPSA) is 70.2 Å². The Morgan fingerprint density at radius 3 is 2.70 bits per heavy atom. The van der Waals surface area contributed by atoms with Crippen molar-refractivity contribution in [3.8, 4) is 0 Å². The highest BCUT2D eigenvalue weighted by Gasteiger charge is 2.24. The van der Waals surface area contributed by atoms with E-state index in [0.29, 0.717) is 5.82 Å². The highest BCUT2D eigenvalue weighted by atomic mass is 16.1. The number of carbonyl (C=O) groups excluding carboxylic acids is 1. The molecule has 0 unspecified atom stereocenters. The van der Waals surface area contributed by atoms with Crippen molar-refractivity contribution in [1.29, 1.82) is 0 Å². The summed E-state index contributed by atoms with van der Waals surface area (Å²) >= 11 is 0. The summed E-state index contributed by atoms with van der Waals surface area (Å²) in [5.41, 5.74) is 3.51. The van der Waals surface area contributed by atoms with Crippen molar-refractivity contribution in [2.45, 2.75) is 31.7 Å². The zero-order valence-electron chi connectivity index (χ0n) is 15.4. The molecule has 2 heterocycles. The molecule has 1 amide bonds. The normalized spacial score (nSPS) is 14.3. The minimum atomic E-state index is 0.257. The maximum Gasteiger partial charge on any atom is 0.214 e. The molecule has 2 aromatic heterocycles. The van der Waals surface area contributed by atoms with Crippen molar-refractivity contribution in [3.63, 3.8) is 0 Å². The summed E-state index contributed by atoms with van der Waals surface area (Å²) in [6.07, 6.45) is 8.92. The van der Waals surface area contributed by atoms with Gasteiger partial charge in [-0.15, -0.1) is 0 Å². The number of nitrogens with one attached hydrogen (secondary N) is 2. The van der Waals surface area contributed by atoms with Crippen molar-refractivity contribution < 1.29 is 4.79 Å². The minimum absolute atomic E-state index is 0.257. The Morgan fingerprint density at radius 2 is 1.93 bits per heavy atom. The maximum absolute atomic E-state index is 11.8. The van der Waals surface area contributed by atoms with Gasteiger partial charge < -0.3 is 15.5 Å². The smallest absolute Gasteiger partial charge is 0.214 e. The number of benzene rings is 1. The Kier molecular flexibility index (Phi) is 4.87. The third-order valence-corrected chi connectivity index (χ3v) is 5.12. The third kappa shape index (κ3) is 3.56. The molecule has 6 nitrogen and oxygen atoms in total. The Bertz CT molecular complexity index is 952. The van der Waals surface area contributed by atoms with Crippen LogP contribution in [-0.2, 0) is 4.79 Å². The van der Waals surface area contributed by atoms with Crippen LogP contribution in [0.4, 0.5) is 22.9 Å². The molecule has 0 atom stereocenters. The first-order valence-corrected chi connectivity index (χ1v) is 9.32. The second-order valence-electron chi connectivity index (χ2n) is 6.83. The van der Waals surface area contributed by atoms with E-state index in [4.69, 9.17) is 0 Å². The number of anilines is 4. The van der Waals surface area contributed by atoms with E-state index in [2.05, 4.69) is 20.6 Å². The van der Waals surface area contributed by atoms with Crippen molar-refractivity contribution in [2.75, 3.05) is 22.6 Å². The first-order chi connectivity index (χ1) is 13.3. The monoisotopic (exact) mass is 361 g/mol. The number of hydrogen-bond acceptors (Lipinski definition) is 5. The summed E-state index contributed by atoms with van der Waals surface area (Å²) in [6, 6.07) is 12.2. The zero-order chi connectivity index (χ0) is 18.6. The molecule has 3 aromatic rings. The molecular formula is C21H23N5O. The van der Waals surface area contributed by atoms with Crippen molar-refractivity contribution in [1.82, 2.24) is 9.97 Å². The average molecular weight is 361 g/mol. The molecule has 0 spiro atoms. The van der Waals surface area contributed by atoms with Gasteiger partial charge >= 0.3 is 0 Å².